The second-order valence-corrected chi connectivity index (χ2v) is 8.98. The van der Waals surface area contributed by atoms with E-state index in [-0.39, 0.29) is 23.4 Å². The minimum atomic E-state index is -3.36. The number of nitrogens with one attached hydrogen (secondary N) is 1. The largest absolute Gasteiger partial charge is 0.349 e. The molecule has 0 bridgehead atoms. The highest BCUT2D eigenvalue weighted by atomic mass is 19.3. The molecule has 1 N–H and O–H groups in total. The summed E-state index contributed by atoms with van der Waals surface area (Å²) in [6.45, 7) is 9.72. The van der Waals surface area contributed by atoms with Crippen molar-refractivity contribution in [2.24, 2.45) is 0 Å². The molecule has 156 valence electrons. The van der Waals surface area contributed by atoms with Crippen LogP contribution in [0.3, 0.4) is 0 Å². The van der Waals surface area contributed by atoms with Crippen LogP contribution in [0.1, 0.15) is 90.1 Å². The Hall–Kier alpha value is -1.79. The van der Waals surface area contributed by atoms with Gasteiger partial charge < -0.3 is 10.2 Å². The van der Waals surface area contributed by atoms with Gasteiger partial charge >= 0.3 is 5.92 Å². The second-order valence-electron chi connectivity index (χ2n) is 8.98. The van der Waals surface area contributed by atoms with Crippen LogP contribution in [0.25, 0.3) is 0 Å². The van der Waals surface area contributed by atoms with Crippen molar-refractivity contribution in [3.63, 3.8) is 0 Å². The van der Waals surface area contributed by atoms with E-state index < -0.39 is 11.8 Å². The Labute approximate surface area is 166 Å². The quantitative estimate of drug-likeness (QED) is 0.805. The van der Waals surface area contributed by atoms with Gasteiger partial charge in [0.05, 0.1) is 11.6 Å². The molecule has 2 aliphatic rings. The Kier molecular flexibility index (Phi) is 5.65. The number of carbonyl (C=O) groups excluding carboxylic acids is 1. The van der Waals surface area contributed by atoms with Gasteiger partial charge in [-0.25, -0.2) is 9.97 Å². The third-order valence-electron chi connectivity index (χ3n) is 6.14. The maximum Gasteiger partial charge on any atom is 0.321 e. The lowest BCUT2D eigenvalue weighted by atomic mass is 9.88. The molecule has 1 spiro atoms. The van der Waals surface area contributed by atoms with Crippen LogP contribution in [0.5, 0.6) is 0 Å². The van der Waals surface area contributed by atoms with E-state index in [2.05, 4.69) is 37.9 Å². The van der Waals surface area contributed by atoms with Crippen molar-refractivity contribution in [1.82, 2.24) is 15.3 Å². The first kappa shape index (κ1) is 20.9. The molecule has 5 nitrogen and oxygen atoms in total. The van der Waals surface area contributed by atoms with Gasteiger partial charge in [-0.2, -0.15) is 8.78 Å². The molecule has 1 aromatic heterocycles. The minimum absolute atomic E-state index is 0.203. The van der Waals surface area contributed by atoms with Gasteiger partial charge in [-0.05, 0) is 25.2 Å². The molecule has 2 heterocycles. The Morgan fingerprint density at radius 3 is 2.39 bits per heavy atom. The van der Waals surface area contributed by atoms with Gasteiger partial charge in [-0.3, -0.25) is 4.79 Å². The summed E-state index contributed by atoms with van der Waals surface area (Å²) in [4.78, 5) is 23.8. The topological polar surface area (TPSA) is 58.1 Å². The highest BCUT2D eigenvalue weighted by Gasteiger charge is 2.52. The summed E-state index contributed by atoms with van der Waals surface area (Å²) in [6, 6.07) is 1.75. The first-order valence-corrected chi connectivity index (χ1v) is 10.4. The molecule has 1 amide bonds. The zero-order valence-electron chi connectivity index (χ0n) is 17.6. The van der Waals surface area contributed by atoms with Crippen molar-refractivity contribution < 1.29 is 13.6 Å². The van der Waals surface area contributed by atoms with Crippen LogP contribution in [0.15, 0.2) is 6.07 Å². The summed E-state index contributed by atoms with van der Waals surface area (Å²) >= 11 is 0. The van der Waals surface area contributed by atoms with Crippen LogP contribution in [0.2, 0.25) is 0 Å². The molecular formula is C21H32F2N4O. The van der Waals surface area contributed by atoms with Gasteiger partial charge in [0.25, 0.3) is 5.91 Å². The maximum atomic E-state index is 13.5. The Morgan fingerprint density at radius 2 is 1.86 bits per heavy atom. The third-order valence-corrected chi connectivity index (χ3v) is 6.14. The van der Waals surface area contributed by atoms with E-state index in [0.29, 0.717) is 19.9 Å². The Morgan fingerprint density at radius 1 is 1.21 bits per heavy atom. The third kappa shape index (κ3) is 3.85. The van der Waals surface area contributed by atoms with Crippen LogP contribution in [-0.2, 0) is 4.79 Å². The molecule has 1 atom stereocenters. The number of halogens is 2. The van der Waals surface area contributed by atoms with Crippen molar-refractivity contribution >= 4 is 11.7 Å². The fraction of sp³-hybridized carbons (Fsp3) is 0.762. The molecule has 1 saturated heterocycles. The molecule has 1 saturated carbocycles. The van der Waals surface area contributed by atoms with Crippen LogP contribution < -0.4 is 10.2 Å². The minimum Gasteiger partial charge on any atom is -0.349 e. The number of rotatable bonds is 5. The van der Waals surface area contributed by atoms with Crippen molar-refractivity contribution in [3.8, 4) is 0 Å². The van der Waals surface area contributed by atoms with Crippen molar-refractivity contribution in [3.05, 3.63) is 17.6 Å². The predicted molar refractivity (Wildman–Crippen MR) is 106 cm³/mol. The zero-order valence-corrected chi connectivity index (χ0v) is 17.6. The summed E-state index contributed by atoms with van der Waals surface area (Å²) in [5, 5.41) is 2.65. The SMILES string of the molecule is CC(C)c1cc(N2CCC(NC(=O)C(C)(F)F)C23CCCC3)nc(C(C)C)n1. The van der Waals surface area contributed by atoms with E-state index in [1.54, 1.807) is 0 Å². The highest BCUT2D eigenvalue weighted by molar-refractivity contribution is 5.83. The van der Waals surface area contributed by atoms with E-state index in [0.717, 1.165) is 43.0 Å². The molecule has 1 aromatic rings. The number of hydrogen-bond donors (Lipinski definition) is 1. The van der Waals surface area contributed by atoms with E-state index >= 15 is 0 Å². The lowest BCUT2D eigenvalue weighted by molar-refractivity contribution is -0.144. The molecular weight excluding hydrogens is 362 g/mol. The van der Waals surface area contributed by atoms with Crippen LogP contribution in [0.4, 0.5) is 14.6 Å². The normalized spacial score (nSPS) is 21.9. The van der Waals surface area contributed by atoms with Gasteiger partial charge in [0, 0.05) is 31.1 Å². The summed E-state index contributed by atoms with van der Waals surface area (Å²) in [5.41, 5.74) is 0.659. The average molecular weight is 395 g/mol. The fourth-order valence-electron chi connectivity index (χ4n) is 4.54. The molecule has 28 heavy (non-hydrogen) atoms. The highest BCUT2D eigenvalue weighted by Crippen LogP contribution is 2.45. The van der Waals surface area contributed by atoms with Crippen molar-refractivity contribution in [1.29, 1.82) is 0 Å². The zero-order chi connectivity index (χ0) is 20.7. The number of amides is 1. The van der Waals surface area contributed by atoms with Gasteiger partial charge in [0.15, 0.2) is 0 Å². The molecule has 0 aromatic carbocycles. The first-order valence-electron chi connectivity index (χ1n) is 10.4. The van der Waals surface area contributed by atoms with Gasteiger partial charge in [-0.15, -0.1) is 0 Å². The summed E-state index contributed by atoms with van der Waals surface area (Å²) in [6.07, 6.45) is 4.48. The van der Waals surface area contributed by atoms with Crippen LogP contribution in [-0.4, -0.2) is 39.9 Å². The maximum absolute atomic E-state index is 13.5. The predicted octanol–water partition coefficient (Wildman–Crippen LogP) is 4.39. The average Bonchev–Trinajstić information content (AvgIpc) is 3.22. The summed E-state index contributed by atoms with van der Waals surface area (Å²) < 4.78 is 27.0. The standard InChI is InChI=1S/C21H32F2N4O/c1-13(2)15-12-17(26-18(24-15)14(3)4)27-11-8-16(21(27)9-6-7-10-21)25-19(28)20(5,22)23/h12-14,16H,6-11H2,1-5H3,(H,25,28). The van der Waals surface area contributed by atoms with E-state index in [1.165, 1.54) is 0 Å². The molecule has 1 aliphatic carbocycles. The number of carbonyl (C=O) groups is 1. The smallest absolute Gasteiger partial charge is 0.321 e. The van der Waals surface area contributed by atoms with Crippen LogP contribution in [0, 0.1) is 0 Å². The Bertz CT molecular complexity index is 697. The molecule has 7 heteroatoms. The van der Waals surface area contributed by atoms with E-state index in [4.69, 9.17) is 9.97 Å². The molecule has 0 radical (unpaired) electrons. The van der Waals surface area contributed by atoms with Crippen molar-refractivity contribution in [2.45, 2.75) is 96.1 Å². The number of anilines is 1. The number of nitrogens with zero attached hydrogens (tertiary/aromatic N) is 3. The lowest BCUT2D eigenvalue weighted by Crippen LogP contribution is -2.57. The monoisotopic (exact) mass is 394 g/mol. The Balaban J connectivity index is 1.97. The molecule has 1 unspecified atom stereocenters. The number of alkyl halides is 2. The van der Waals surface area contributed by atoms with Crippen LogP contribution >= 0.6 is 0 Å². The number of hydrogen-bond acceptors (Lipinski definition) is 4. The lowest BCUT2D eigenvalue weighted by Gasteiger charge is -2.40. The first-order chi connectivity index (χ1) is 13.0. The van der Waals surface area contributed by atoms with Crippen molar-refractivity contribution in [2.75, 3.05) is 11.4 Å². The summed E-state index contributed by atoms with van der Waals surface area (Å²) in [7, 11) is 0. The van der Waals surface area contributed by atoms with E-state index in [9.17, 15) is 13.6 Å². The second kappa shape index (κ2) is 7.56. The number of aromatic nitrogens is 2. The summed E-state index contributed by atoms with van der Waals surface area (Å²) in [5.74, 6) is -2.40. The van der Waals surface area contributed by atoms with Gasteiger partial charge in [0.1, 0.15) is 11.6 Å². The molecule has 2 fully saturated rings. The molecule has 1 aliphatic heterocycles. The van der Waals surface area contributed by atoms with Gasteiger partial charge in [-0.1, -0.05) is 40.5 Å². The fourth-order valence-corrected chi connectivity index (χ4v) is 4.54. The van der Waals surface area contributed by atoms with Gasteiger partial charge in [0.2, 0.25) is 0 Å². The van der Waals surface area contributed by atoms with E-state index in [1.807, 2.05) is 6.07 Å². The molecule has 3 rings (SSSR count).